The van der Waals surface area contributed by atoms with E-state index in [1.165, 1.54) is 8.45 Å². The molecule has 0 aliphatic rings. The first-order valence-electron chi connectivity index (χ1n) is 5.74. The summed E-state index contributed by atoms with van der Waals surface area (Å²) in [5.74, 6) is 1.97. The van der Waals surface area contributed by atoms with Crippen LogP contribution in [-0.4, -0.2) is 6.54 Å². The van der Waals surface area contributed by atoms with Crippen LogP contribution in [0.2, 0.25) is 0 Å². The van der Waals surface area contributed by atoms with Crippen molar-refractivity contribution in [1.29, 1.82) is 0 Å². The van der Waals surface area contributed by atoms with Crippen LogP contribution in [0.3, 0.4) is 0 Å². The molecule has 0 aliphatic heterocycles. The van der Waals surface area contributed by atoms with Crippen molar-refractivity contribution in [3.05, 3.63) is 43.5 Å². The van der Waals surface area contributed by atoms with Crippen LogP contribution in [0.15, 0.2) is 28.0 Å². The van der Waals surface area contributed by atoms with Crippen LogP contribution in [-0.2, 0) is 0 Å². The lowest BCUT2D eigenvalue weighted by atomic mass is 10.1. The highest BCUT2D eigenvalue weighted by Crippen LogP contribution is 2.28. The van der Waals surface area contributed by atoms with Gasteiger partial charge in [-0.25, -0.2) is 0 Å². The predicted octanol–water partition coefficient (Wildman–Crippen LogP) is 4.34. The zero-order valence-corrected chi connectivity index (χ0v) is 13.0. The minimum atomic E-state index is 0.184. The van der Waals surface area contributed by atoms with Crippen LogP contribution in [0.4, 0.5) is 0 Å². The Balaban J connectivity index is 2.24. The van der Waals surface area contributed by atoms with E-state index in [0.717, 1.165) is 24.5 Å². The summed E-state index contributed by atoms with van der Waals surface area (Å²) in [7, 11) is 0. The van der Waals surface area contributed by atoms with Gasteiger partial charge in [-0.15, -0.1) is 11.3 Å². The Labute approximate surface area is 120 Å². The molecule has 4 heteroatoms. The summed E-state index contributed by atoms with van der Waals surface area (Å²) in [4.78, 5) is 0. The van der Waals surface area contributed by atoms with Crippen molar-refractivity contribution >= 4 is 33.9 Å². The molecule has 2 aromatic heterocycles. The standard InChI is InChI=1S/C13H16INOS/c1-3-6-15-13(10-7-12(14)17-8-10)11-5-4-9(2)16-11/h4-5,7-8,13,15H,3,6H2,1-2H3. The monoisotopic (exact) mass is 361 g/mol. The topological polar surface area (TPSA) is 25.2 Å². The van der Waals surface area contributed by atoms with Gasteiger partial charge in [0.05, 0.1) is 8.93 Å². The van der Waals surface area contributed by atoms with Gasteiger partial charge in [0.15, 0.2) is 0 Å². The van der Waals surface area contributed by atoms with E-state index >= 15 is 0 Å². The van der Waals surface area contributed by atoms with Crippen molar-refractivity contribution in [3.8, 4) is 0 Å². The second-order valence-electron chi connectivity index (χ2n) is 4.02. The lowest BCUT2D eigenvalue weighted by molar-refractivity contribution is 0.431. The summed E-state index contributed by atoms with van der Waals surface area (Å²) in [6.45, 7) is 5.16. The quantitative estimate of drug-likeness (QED) is 0.802. The van der Waals surface area contributed by atoms with Crippen molar-refractivity contribution in [1.82, 2.24) is 5.32 Å². The van der Waals surface area contributed by atoms with Gasteiger partial charge in [-0.1, -0.05) is 6.92 Å². The Morgan fingerprint density at radius 3 is 2.82 bits per heavy atom. The summed E-state index contributed by atoms with van der Waals surface area (Å²) in [6.07, 6.45) is 1.12. The molecule has 0 saturated carbocycles. The number of rotatable bonds is 5. The van der Waals surface area contributed by atoms with Crippen LogP contribution in [0.1, 0.15) is 36.5 Å². The molecule has 0 aromatic carbocycles. The maximum absolute atomic E-state index is 5.75. The number of nitrogens with one attached hydrogen (secondary N) is 1. The average Bonchev–Trinajstić information content (AvgIpc) is 2.89. The van der Waals surface area contributed by atoms with E-state index in [1.807, 2.05) is 13.0 Å². The molecule has 0 aliphatic carbocycles. The minimum Gasteiger partial charge on any atom is -0.464 e. The Morgan fingerprint density at radius 2 is 2.29 bits per heavy atom. The number of hydrogen-bond acceptors (Lipinski definition) is 3. The van der Waals surface area contributed by atoms with E-state index in [9.17, 15) is 0 Å². The SMILES string of the molecule is CCCNC(c1csc(I)c1)c1ccc(C)o1. The van der Waals surface area contributed by atoms with Gasteiger partial charge in [0.1, 0.15) is 11.5 Å². The van der Waals surface area contributed by atoms with Crippen molar-refractivity contribution in [2.75, 3.05) is 6.54 Å². The largest absolute Gasteiger partial charge is 0.464 e. The maximum atomic E-state index is 5.75. The zero-order chi connectivity index (χ0) is 12.3. The smallest absolute Gasteiger partial charge is 0.125 e. The van der Waals surface area contributed by atoms with Crippen molar-refractivity contribution in [2.45, 2.75) is 26.3 Å². The van der Waals surface area contributed by atoms with Crippen molar-refractivity contribution in [3.63, 3.8) is 0 Å². The van der Waals surface area contributed by atoms with E-state index in [2.05, 4.69) is 52.3 Å². The second kappa shape index (κ2) is 6.02. The summed E-state index contributed by atoms with van der Waals surface area (Å²) in [5, 5.41) is 5.74. The highest BCUT2D eigenvalue weighted by Gasteiger charge is 2.17. The lowest BCUT2D eigenvalue weighted by Gasteiger charge is -2.14. The zero-order valence-electron chi connectivity index (χ0n) is 10.00. The average molecular weight is 361 g/mol. The number of aryl methyl sites for hydroxylation is 1. The fourth-order valence-electron chi connectivity index (χ4n) is 1.75. The number of thiophene rings is 1. The lowest BCUT2D eigenvalue weighted by Crippen LogP contribution is -2.22. The third-order valence-electron chi connectivity index (χ3n) is 2.57. The van der Waals surface area contributed by atoms with Gasteiger partial charge in [-0.3, -0.25) is 0 Å². The van der Waals surface area contributed by atoms with Crippen LogP contribution < -0.4 is 5.32 Å². The van der Waals surface area contributed by atoms with E-state index in [4.69, 9.17) is 4.42 Å². The number of halogens is 1. The number of furan rings is 1. The van der Waals surface area contributed by atoms with Crippen LogP contribution in [0.25, 0.3) is 0 Å². The molecule has 0 fully saturated rings. The van der Waals surface area contributed by atoms with E-state index < -0.39 is 0 Å². The molecule has 1 atom stereocenters. The molecule has 2 aromatic rings. The van der Waals surface area contributed by atoms with Crippen molar-refractivity contribution < 1.29 is 4.42 Å². The molecular weight excluding hydrogens is 345 g/mol. The van der Waals surface area contributed by atoms with E-state index in [-0.39, 0.29) is 6.04 Å². The minimum absolute atomic E-state index is 0.184. The van der Waals surface area contributed by atoms with Gasteiger partial charge in [0, 0.05) is 0 Å². The maximum Gasteiger partial charge on any atom is 0.125 e. The summed E-state index contributed by atoms with van der Waals surface area (Å²) >= 11 is 4.13. The molecule has 0 saturated heterocycles. The predicted molar refractivity (Wildman–Crippen MR) is 80.6 cm³/mol. The van der Waals surface area contributed by atoms with Crippen LogP contribution in [0, 0.1) is 9.81 Å². The van der Waals surface area contributed by atoms with Gasteiger partial charge in [-0.2, -0.15) is 0 Å². The molecule has 1 unspecified atom stereocenters. The molecule has 1 N–H and O–H groups in total. The van der Waals surface area contributed by atoms with Gasteiger partial charge < -0.3 is 9.73 Å². The molecule has 92 valence electrons. The number of hydrogen-bond donors (Lipinski definition) is 1. The van der Waals surface area contributed by atoms with Gasteiger partial charge >= 0.3 is 0 Å². The van der Waals surface area contributed by atoms with Crippen LogP contribution in [0.5, 0.6) is 0 Å². The third-order valence-corrected chi connectivity index (χ3v) is 4.37. The second-order valence-corrected chi connectivity index (χ2v) is 6.83. The Morgan fingerprint density at radius 1 is 1.47 bits per heavy atom. The van der Waals surface area contributed by atoms with Crippen molar-refractivity contribution in [2.24, 2.45) is 0 Å². The molecule has 0 spiro atoms. The highest BCUT2D eigenvalue weighted by molar-refractivity contribution is 14.1. The summed E-state index contributed by atoms with van der Waals surface area (Å²) in [6, 6.07) is 6.49. The molecule has 0 radical (unpaired) electrons. The van der Waals surface area contributed by atoms with E-state index in [1.54, 1.807) is 11.3 Å². The van der Waals surface area contributed by atoms with Gasteiger partial charge in [-0.05, 0) is 71.6 Å². The molecule has 2 heterocycles. The first kappa shape index (κ1) is 13.1. The first-order valence-corrected chi connectivity index (χ1v) is 7.70. The summed E-state index contributed by atoms with van der Waals surface area (Å²) < 4.78 is 7.06. The van der Waals surface area contributed by atoms with Gasteiger partial charge in [0.2, 0.25) is 0 Å². The fourth-order valence-corrected chi connectivity index (χ4v) is 3.15. The molecule has 17 heavy (non-hydrogen) atoms. The van der Waals surface area contributed by atoms with E-state index in [0.29, 0.717) is 0 Å². The highest BCUT2D eigenvalue weighted by atomic mass is 127. The third kappa shape index (κ3) is 3.33. The Kier molecular flexibility index (Phi) is 4.64. The Bertz CT molecular complexity index is 437. The first-order chi connectivity index (χ1) is 8.20. The molecule has 0 bridgehead atoms. The van der Waals surface area contributed by atoms with Gasteiger partial charge in [0.25, 0.3) is 0 Å². The molecule has 2 rings (SSSR count). The normalized spacial score (nSPS) is 12.9. The summed E-state index contributed by atoms with van der Waals surface area (Å²) in [5.41, 5.74) is 1.29. The Hall–Kier alpha value is -0.330. The molecule has 2 nitrogen and oxygen atoms in total. The van der Waals surface area contributed by atoms with Crippen LogP contribution >= 0.6 is 33.9 Å². The molecule has 0 amide bonds. The molecular formula is C13H16INOS. The fraction of sp³-hybridized carbons (Fsp3) is 0.385.